The molecular weight excluding hydrogens is 392 g/mol. The van der Waals surface area contributed by atoms with Gasteiger partial charge in [-0.1, -0.05) is 30.3 Å². The van der Waals surface area contributed by atoms with Crippen LogP contribution in [0.1, 0.15) is 34.0 Å². The molecule has 6 heteroatoms. The predicted octanol–water partition coefficient (Wildman–Crippen LogP) is 4.84. The maximum atomic E-state index is 12.6. The van der Waals surface area contributed by atoms with Crippen LogP contribution in [0.3, 0.4) is 0 Å². The normalized spacial score (nSPS) is 10.5. The molecule has 0 aliphatic heterocycles. The van der Waals surface area contributed by atoms with Crippen molar-refractivity contribution in [1.82, 2.24) is 10.3 Å². The second-order valence-corrected chi connectivity index (χ2v) is 7.10. The van der Waals surface area contributed by atoms with Crippen LogP contribution in [-0.2, 0) is 11.3 Å². The molecule has 0 bridgehead atoms. The fourth-order valence-electron chi connectivity index (χ4n) is 2.92. The lowest BCUT2D eigenvalue weighted by molar-refractivity contribution is 0.0934. The highest BCUT2D eigenvalue weighted by molar-refractivity contribution is 5.96. The molecule has 0 atom stereocenters. The molecule has 0 saturated carbocycles. The number of nitrogens with one attached hydrogen (secondary N) is 1. The van der Waals surface area contributed by atoms with Gasteiger partial charge in [-0.25, -0.2) is 4.98 Å². The van der Waals surface area contributed by atoms with Crippen LogP contribution in [0.25, 0.3) is 0 Å². The molecule has 2 aromatic carbocycles. The monoisotopic (exact) mass is 420 g/mol. The predicted molar refractivity (Wildman–Crippen MR) is 120 cm³/mol. The van der Waals surface area contributed by atoms with Crippen LogP contribution in [0, 0.1) is 13.8 Å². The minimum absolute atomic E-state index is 0.206. The Kier molecular flexibility index (Phi) is 8.01. The van der Waals surface area contributed by atoms with E-state index in [9.17, 15) is 4.79 Å². The number of rotatable bonds is 10. The van der Waals surface area contributed by atoms with Crippen LogP contribution in [0.4, 0.5) is 0 Å². The summed E-state index contributed by atoms with van der Waals surface area (Å²) < 4.78 is 16.9. The molecule has 1 amide bonds. The molecule has 3 aromatic rings. The molecule has 0 fully saturated rings. The van der Waals surface area contributed by atoms with Crippen LogP contribution >= 0.6 is 0 Å². The number of pyridine rings is 1. The van der Waals surface area contributed by atoms with Gasteiger partial charge in [0, 0.05) is 25.4 Å². The van der Waals surface area contributed by atoms with Gasteiger partial charge in [0.25, 0.3) is 5.91 Å². The molecule has 162 valence electrons. The van der Waals surface area contributed by atoms with Crippen LogP contribution in [0.5, 0.6) is 17.4 Å². The van der Waals surface area contributed by atoms with Crippen LogP contribution in [-0.4, -0.2) is 30.7 Å². The summed E-state index contributed by atoms with van der Waals surface area (Å²) in [6, 6.07) is 16.9. The average Bonchev–Trinajstić information content (AvgIpc) is 2.79. The van der Waals surface area contributed by atoms with Crippen molar-refractivity contribution in [1.29, 1.82) is 0 Å². The van der Waals surface area contributed by atoms with Crippen molar-refractivity contribution < 1.29 is 19.0 Å². The molecule has 31 heavy (non-hydrogen) atoms. The fraction of sp³-hybridized carbons (Fsp3) is 0.280. The van der Waals surface area contributed by atoms with E-state index >= 15 is 0 Å². The maximum absolute atomic E-state index is 12.6. The number of benzene rings is 2. The first-order valence-corrected chi connectivity index (χ1v) is 10.3. The van der Waals surface area contributed by atoms with Gasteiger partial charge in [0.05, 0.1) is 12.2 Å². The molecule has 6 nitrogen and oxygen atoms in total. The molecule has 3 rings (SSSR count). The second-order valence-electron chi connectivity index (χ2n) is 7.10. The van der Waals surface area contributed by atoms with E-state index < -0.39 is 0 Å². The quantitative estimate of drug-likeness (QED) is 0.476. The Balaban J connectivity index is 1.57. The topological polar surface area (TPSA) is 69.7 Å². The van der Waals surface area contributed by atoms with Gasteiger partial charge in [0.2, 0.25) is 5.88 Å². The Morgan fingerprint density at radius 3 is 2.61 bits per heavy atom. The summed E-state index contributed by atoms with van der Waals surface area (Å²) in [5, 5.41) is 2.91. The van der Waals surface area contributed by atoms with E-state index in [0.717, 1.165) is 22.4 Å². The van der Waals surface area contributed by atoms with Crippen LogP contribution < -0.4 is 14.8 Å². The van der Waals surface area contributed by atoms with Crippen molar-refractivity contribution in [2.75, 3.05) is 19.8 Å². The molecule has 0 aliphatic carbocycles. The number of aryl methyl sites for hydroxylation is 2. The SMILES string of the molecule is CCOCCOc1ccccc1C(=O)NCc1ccc(Oc2cc(C)ccc2C)nc1. The first-order valence-electron chi connectivity index (χ1n) is 10.3. The van der Waals surface area contributed by atoms with Gasteiger partial charge in [-0.15, -0.1) is 0 Å². The third kappa shape index (κ3) is 6.55. The number of nitrogens with zero attached hydrogens (tertiary/aromatic N) is 1. The van der Waals surface area contributed by atoms with Gasteiger partial charge in [-0.3, -0.25) is 4.79 Å². The van der Waals surface area contributed by atoms with Gasteiger partial charge in [-0.05, 0) is 55.7 Å². The highest BCUT2D eigenvalue weighted by Crippen LogP contribution is 2.24. The van der Waals surface area contributed by atoms with Crippen LogP contribution in [0.2, 0.25) is 0 Å². The Hall–Kier alpha value is -3.38. The fourth-order valence-corrected chi connectivity index (χ4v) is 2.92. The maximum Gasteiger partial charge on any atom is 0.255 e. The van der Waals surface area contributed by atoms with E-state index in [1.807, 2.05) is 57.2 Å². The van der Waals surface area contributed by atoms with Crippen molar-refractivity contribution >= 4 is 5.91 Å². The summed E-state index contributed by atoms with van der Waals surface area (Å²) in [4.78, 5) is 17.0. The Morgan fingerprint density at radius 2 is 1.84 bits per heavy atom. The summed E-state index contributed by atoms with van der Waals surface area (Å²) in [6.07, 6.45) is 1.70. The van der Waals surface area contributed by atoms with Crippen molar-refractivity contribution in [3.05, 3.63) is 83.0 Å². The average molecular weight is 421 g/mol. The van der Waals surface area contributed by atoms with Crippen molar-refractivity contribution in [2.45, 2.75) is 27.3 Å². The standard InChI is InChI=1S/C25H28N2O4/c1-4-29-13-14-30-22-8-6-5-7-21(22)25(28)27-17-20-11-12-24(26-16-20)31-23-15-18(2)9-10-19(23)3/h5-12,15-16H,4,13-14,17H2,1-3H3,(H,27,28). The van der Waals surface area contributed by atoms with E-state index in [0.29, 0.717) is 43.6 Å². The molecule has 0 radical (unpaired) electrons. The number of hydrogen-bond donors (Lipinski definition) is 1. The number of aromatic nitrogens is 1. The Bertz CT molecular complexity index is 1000. The second kappa shape index (κ2) is 11.1. The number of amides is 1. The number of hydrogen-bond acceptors (Lipinski definition) is 5. The summed E-state index contributed by atoms with van der Waals surface area (Å²) in [6.45, 7) is 7.80. The van der Waals surface area contributed by atoms with Gasteiger partial charge < -0.3 is 19.5 Å². The van der Waals surface area contributed by atoms with Crippen molar-refractivity contribution in [3.8, 4) is 17.4 Å². The molecule has 0 saturated heterocycles. The molecular formula is C25H28N2O4. The minimum atomic E-state index is -0.206. The smallest absolute Gasteiger partial charge is 0.255 e. The Labute approximate surface area is 183 Å². The highest BCUT2D eigenvalue weighted by atomic mass is 16.5. The first-order chi connectivity index (χ1) is 15.1. The number of ether oxygens (including phenoxy) is 3. The van der Waals surface area contributed by atoms with Crippen LogP contribution in [0.15, 0.2) is 60.8 Å². The third-order valence-corrected chi connectivity index (χ3v) is 4.63. The van der Waals surface area contributed by atoms with Gasteiger partial charge >= 0.3 is 0 Å². The zero-order valence-electron chi connectivity index (χ0n) is 18.2. The van der Waals surface area contributed by atoms with Crippen molar-refractivity contribution in [2.24, 2.45) is 0 Å². The van der Waals surface area contributed by atoms with E-state index in [1.54, 1.807) is 24.4 Å². The summed E-state index contributed by atoms with van der Waals surface area (Å²) in [5.74, 6) is 1.63. The lowest BCUT2D eigenvalue weighted by Crippen LogP contribution is -2.23. The minimum Gasteiger partial charge on any atom is -0.490 e. The Morgan fingerprint density at radius 1 is 1.00 bits per heavy atom. The summed E-state index contributed by atoms with van der Waals surface area (Å²) in [7, 11) is 0. The van der Waals surface area contributed by atoms with Gasteiger partial charge in [-0.2, -0.15) is 0 Å². The summed E-state index contributed by atoms with van der Waals surface area (Å²) in [5.41, 5.74) is 3.53. The molecule has 1 heterocycles. The van der Waals surface area contributed by atoms with Gasteiger partial charge in [0.15, 0.2) is 0 Å². The van der Waals surface area contributed by atoms with E-state index in [2.05, 4.69) is 10.3 Å². The molecule has 1 aromatic heterocycles. The third-order valence-electron chi connectivity index (χ3n) is 4.63. The number of carbonyl (C=O) groups is 1. The number of carbonyl (C=O) groups excluding carboxylic acids is 1. The number of para-hydroxylation sites is 1. The zero-order chi connectivity index (χ0) is 22.1. The summed E-state index contributed by atoms with van der Waals surface area (Å²) >= 11 is 0. The molecule has 1 N–H and O–H groups in total. The largest absolute Gasteiger partial charge is 0.490 e. The zero-order valence-corrected chi connectivity index (χ0v) is 18.2. The van der Waals surface area contributed by atoms with E-state index in [4.69, 9.17) is 14.2 Å². The molecule has 0 aliphatic rings. The highest BCUT2D eigenvalue weighted by Gasteiger charge is 2.12. The molecule has 0 unspecified atom stereocenters. The van der Waals surface area contributed by atoms with E-state index in [1.165, 1.54) is 0 Å². The molecule has 0 spiro atoms. The lowest BCUT2D eigenvalue weighted by atomic mass is 10.1. The van der Waals surface area contributed by atoms with Gasteiger partial charge in [0.1, 0.15) is 18.1 Å². The van der Waals surface area contributed by atoms with E-state index in [-0.39, 0.29) is 5.91 Å². The first kappa shape index (κ1) is 22.3. The lowest BCUT2D eigenvalue weighted by Gasteiger charge is -2.12. The van der Waals surface area contributed by atoms with Crippen molar-refractivity contribution in [3.63, 3.8) is 0 Å².